The molecule has 1 fully saturated rings. The molecule has 190 valence electrons. The average Bonchev–Trinajstić information content (AvgIpc) is 3.55. The summed E-state index contributed by atoms with van der Waals surface area (Å²) in [5.74, 6) is -1.17. The lowest BCUT2D eigenvalue weighted by Gasteiger charge is -2.24. The van der Waals surface area contributed by atoms with Crippen molar-refractivity contribution in [2.45, 2.75) is 19.2 Å². The molecular weight excluding hydrogens is 488 g/mol. The summed E-state index contributed by atoms with van der Waals surface area (Å²) in [7, 11) is 0. The molecule has 0 aliphatic carbocycles. The van der Waals surface area contributed by atoms with Crippen molar-refractivity contribution in [3.05, 3.63) is 135 Å². The number of nitro groups is 1. The van der Waals surface area contributed by atoms with Crippen LogP contribution in [0.5, 0.6) is 5.75 Å². The SMILES string of the molecule is O=C1C(=O)N(Cc2ccco2)C(c2ccc(OCc3ccccc3)cc2)/C1=C(/O)c1cccc([N+](=O)[O-])c1. The Morgan fingerprint density at radius 2 is 1.74 bits per heavy atom. The molecule has 9 heteroatoms. The third-order valence-electron chi connectivity index (χ3n) is 6.22. The second kappa shape index (κ2) is 10.4. The second-order valence-electron chi connectivity index (χ2n) is 8.66. The number of carbonyl (C=O) groups is 2. The highest BCUT2D eigenvalue weighted by Crippen LogP contribution is 2.41. The molecule has 1 aliphatic rings. The number of hydrogen-bond donors (Lipinski definition) is 1. The zero-order valence-electron chi connectivity index (χ0n) is 20.0. The van der Waals surface area contributed by atoms with Gasteiger partial charge < -0.3 is 19.2 Å². The molecule has 4 aromatic rings. The van der Waals surface area contributed by atoms with Crippen LogP contribution in [0.4, 0.5) is 5.69 Å². The summed E-state index contributed by atoms with van der Waals surface area (Å²) in [4.78, 5) is 38.3. The molecular formula is C29H22N2O7. The number of furan rings is 1. The first-order chi connectivity index (χ1) is 18.4. The first-order valence-electron chi connectivity index (χ1n) is 11.7. The molecule has 38 heavy (non-hydrogen) atoms. The maximum absolute atomic E-state index is 13.2. The van der Waals surface area contributed by atoms with Crippen LogP contribution in [0.15, 0.2) is 107 Å². The largest absolute Gasteiger partial charge is 0.507 e. The molecule has 9 nitrogen and oxygen atoms in total. The van der Waals surface area contributed by atoms with Crippen molar-refractivity contribution in [2.24, 2.45) is 0 Å². The molecule has 5 rings (SSSR count). The summed E-state index contributed by atoms with van der Waals surface area (Å²) in [5.41, 5.74) is 1.19. The summed E-state index contributed by atoms with van der Waals surface area (Å²) in [5, 5.41) is 22.4. The van der Waals surface area contributed by atoms with Crippen molar-refractivity contribution in [3.63, 3.8) is 0 Å². The molecule has 0 radical (unpaired) electrons. The van der Waals surface area contributed by atoms with Gasteiger partial charge >= 0.3 is 0 Å². The van der Waals surface area contributed by atoms with E-state index < -0.39 is 28.4 Å². The lowest BCUT2D eigenvalue weighted by atomic mass is 9.95. The van der Waals surface area contributed by atoms with Crippen LogP contribution in [0.3, 0.4) is 0 Å². The monoisotopic (exact) mass is 510 g/mol. The van der Waals surface area contributed by atoms with Gasteiger partial charge in [0.05, 0.1) is 29.3 Å². The van der Waals surface area contributed by atoms with Crippen LogP contribution < -0.4 is 4.74 Å². The zero-order chi connectivity index (χ0) is 26.6. The number of ether oxygens (including phenoxy) is 1. The smallest absolute Gasteiger partial charge is 0.296 e. The van der Waals surface area contributed by atoms with Gasteiger partial charge in [0, 0.05) is 17.7 Å². The van der Waals surface area contributed by atoms with Crippen LogP contribution in [-0.2, 0) is 22.7 Å². The number of nitro benzene ring substituents is 1. The van der Waals surface area contributed by atoms with E-state index in [9.17, 15) is 24.8 Å². The van der Waals surface area contributed by atoms with E-state index in [2.05, 4.69) is 0 Å². The number of benzene rings is 3. The number of hydrogen-bond acceptors (Lipinski definition) is 7. The van der Waals surface area contributed by atoms with Crippen LogP contribution in [0.25, 0.3) is 5.76 Å². The minimum atomic E-state index is -0.956. The van der Waals surface area contributed by atoms with E-state index in [4.69, 9.17) is 9.15 Å². The van der Waals surface area contributed by atoms with Gasteiger partial charge in [0.1, 0.15) is 23.9 Å². The molecule has 2 heterocycles. The molecule has 1 unspecified atom stereocenters. The molecule has 1 aliphatic heterocycles. The van der Waals surface area contributed by atoms with E-state index in [1.54, 1.807) is 36.4 Å². The van der Waals surface area contributed by atoms with E-state index in [0.29, 0.717) is 23.7 Å². The van der Waals surface area contributed by atoms with Crippen molar-refractivity contribution in [1.29, 1.82) is 0 Å². The van der Waals surface area contributed by atoms with Gasteiger partial charge in [-0.1, -0.05) is 54.6 Å². The highest BCUT2D eigenvalue weighted by molar-refractivity contribution is 6.46. The summed E-state index contributed by atoms with van der Waals surface area (Å²) in [6.45, 7) is 0.351. The molecule has 1 amide bonds. The second-order valence-corrected chi connectivity index (χ2v) is 8.66. The van der Waals surface area contributed by atoms with Gasteiger partial charge in [0.15, 0.2) is 0 Å². The fraction of sp³-hybridized carbons (Fsp3) is 0.103. The molecule has 1 N–H and O–H groups in total. The third kappa shape index (κ3) is 4.90. The Hall–Kier alpha value is -5.18. The van der Waals surface area contributed by atoms with E-state index in [0.717, 1.165) is 11.6 Å². The van der Waals surface area contributed by atoms with Gasteiger partial charge in [0.25, 0.3) is 17.4 Å². The number of aliphatic hydroxyl groups is 1. The van der Waals surface area contributed by atoms with E-state index in [-0.39, 0.29) is 23.4 Å². The highest BCUT2D eigenvalue weighted by atomic mass is 16.6. The highest BCUT2D eigenvalue weighted by Gasteiger charge is 2.46. The molecule has 0 bridgehead atoms. The van der Waals surface area contributed by atoms with Crippen molar-refractivity contribution in [3.8, 4) is 5.75 Å². The Morgan fingerprint density at radius 1 is 0.974 bits per heavy atom. The predicted octanol–water partition coefficient (Wildman–Crippen LogP) is 5.39. The number of amides is 1. The van der Waals surface area contributed by atoms with Crippen molar-refractivity contribution >= 4 is 23.1 Å². The lowest BCUT2D eigenvalue weighted by molar-refractivity contribution is -0.384. The number of Topliss-reactive ketones (excluding diaryl/α,β-unsaturated/α-hetero) is 1. The molecule has 0 spiro atoms. The van der Waals surface area contributed by atoms with Crippen molar-refractivity contribution in [1.82, 2.24) is 4.90 Å². The Morgan fingerprint density at radius 3 is 2.42 bits per heavy atom. The lowest BCUT2D eigenvalue weighted by Crippen LogP contribution is -2.29. The molecule has 0 saturated carbocycles. The summed E-state index contributed by atoms with van der Waals surface area (Å²) < 4.78 is 11.3. The molecule has 1 aromatic heterocycles. The Balaban J connectivity index is 1.52. The first kappa shape index (κ1) is 24.5. The van der Waals surface area contributed by atoms with Gasteiger partial charge in [-0.3, -0.25) is 19.7 Å². The number of likely N-dealkylation sites (tertiary alicyclic amines) is 1. The summed E-state index contributed by atoms with van der Waals surface area (Å²) in [6.07, 6.45) is 1.46. The standard InChI is InChI=1S/C29H22N2O7/c32-27(21-8-4-9-22(16-21)31(35)36)25-26(30(29(34)28(25)33)17-24-10-5-15-37-24)20-11-13-23(14-12-20)38-18-19-6-2-1-3-7-19/h1-16,26,32H,17-18H2/b27-25-. The summed E-state index contributed by atoms with van der Waals surface area (Å²) in [6, 6.07) is 24.2. The van der Waals surface area contributed by atoms with Gasteiger partial charge in [-0.2, -0.15) is 0 Å². The topological polar surface area (TPSA) is 123 Å². The van der Waals surface area contributed by atoms with E-state index in [1.165, 1.54) is 29.4 Å². The van der Waals surface area contributed by atoms with Crippen LogP contribution in [0.1, 0.15) is 28.5 Å². The number of nitrogens with zero attached hydrogens (tertiary/aromatic N) is 2. The normalized spacial score (nSPS) is 16.5. The molecule has 1 saturated heterocycles. The zero-order valence-corrected chi connectivity index (χ0v) is 20.0. The maximum atomic E-state index is 13.2. The molecule has 3 aromatic carbocycles. The number of non-ortho nitro benzene ring substituents is 1. The van der Waals surface area contributed by atoms with Gasteiger partial charge in [-0.25, -0.2) is 0 Å². The van der Waals surface area contributed by atoms with Gasteiger partial charge in [-0.05, 0) is 35.4 Å². The Bertz CT molecular complexity index is 1510. The summed E-state index contributed by atoms with van der Waals surface area (Å²) >= 11 is 0. The van der Waals surface area contributed by atoms with Gasteiger partial charge in [0.2, 0.25) is 0 Å². The Kier molecular flexibility index (Phi) is 6.73. The van der Waals surface area contributed by atoms with E-state index >= 15 is 0 Å². The first-order valence-corrected chi connectivity index (χ1v) is 11.7. The number of rotatable bonds is 8. The van der Waals surface area contributed by atoms with Crippen molar-refractivity contribution in [2.75, 3.05) is 0 Å². The van der Waals surface area contributed by atoms with Crippen LogP contribution in [0, 0.1) is 10.1 Å². The number of aliphatic hydroxyl groups excluding tert-OH is 1. The van der Waals surface area contributed by atoms with Crippen LogP contribution in [0.2, 0.25) is 0 Å². The average molecular weight is 511 g/mol. The fourth-order valence-corrected chi connectivity index (χ4v) is 4.37. The maximum Gasteiger partial charge on any atom is 0.296 e. The van der Waals surface area contributed by atoms with Gasteiger partial charge in [-0.15, -0.1) is 0 Å². The number of carbonyl (C=O) groups excluding carboxylic acids is 2. The van der Waals surface area contributed by atoms with E-state index in [1.807, 2.05) is 30.3 Å². The third-order valence-corrected chi connectivity index (χ3v) is 6.22. The quantitative estimate of drug-likeness (QED) is 0.111. The Labute approximate surface area is 217 Å². The fourth-order valence-electron chi connectivity index (χ4n) is 4.37. The predicted molar refractivity (Wildman–Crippen MR) is 137 cm³/mol. The van der Waals surface area contributed by atoms with Crippen LogP contribution in [-0.4, -0.2) is 26.6 Å². The molecule has 1 atom stereocenters. The minimum Gasteiger partial charge on any atom is -0.507 e. The van der Waals surface area contributed by atoms with Crippen molar-refractivity contribution < 1.29 is 28.8 Å². The number of ketones is 1. The van der Waals surface area contributed by atoms with Crippen LogP contribution >= 0.6 is 0 Å². The minimum absolute atomic E-state index is 0.0137.